The molecule has 10 nitrogen and oxygen atoms in total. The van der Waals surface area contributed by atoms with Gasteiger partial charge in [-0.1, -0.05) is 159 Å². The second kappa shape index (κ2) is 57.1. The maximum Gasteiger partial charge on any atom is 0.343 e. The van der Waals surface area contributed by atoms with Gasteiger partial charge in [0.1, 0.15) is 28.7 Å². The first-order valence-electron chi connectivity index (χ1n) is 36.4. The predicted molar refractivity (Wildman–Crippen MR) is 454 cm³/mol. The highest BCUT2D eigenvalue weighted by atomic mass is 32.1. The molecule has 590 valence electrons. The van der Waals surface area contributed by atoms with E-state index in [1.807, 2.05) is 121 Å². The number of halogens is 5. The van der Waals surface area contributed by atoms with Crippen LogP contribution < -0.4 is 23.7 Å². The molecule has 10 rings (SSSR count). The van der Waals surface area contributed by atoms with E-state index in [0.29, 0.717) is 56.6 Å². The summed E-state index contributed by atoms with van der Waals surface area (Å²) < 4.78 is 26.6. The van der Waals surface area contributed by atoms with Gasteiger partial charge in [0.25, 0.3) is 0 Å². The van der Waals surface area contributed by atoms with E-state index in [9.17, 15) is 24.0 Å². The third-order valence-electron chi connectivity index (χ3n) is 16.5. The summed E-state index contributed by atoms with van der Waals surface area (Å²) in [5.74, 6) is 1.00. The van der Waals surface area contributed by atoms with Crippen LogP contribution in [-0.4, -0.2) is 29.8 Å². The third kappa shape index (κ3) is 39.0. The maximum absolute atomic E-state index is 12.0. The molecule has 0 spiro atoms. The van der Waals surface area contributed by atoms with Crippen LogP contribution in [0.1, 0.15) is 211 Å². The van der Waals surface area contributed by atoms with Crippen molar-refractivity contribution in [3.05, 3.63) is 298 Å². The van der Waals surface area contributed by atoms with Crippen molar-refractivity contribution in [2.75, 3.05) is 0 Å². The fourth-order valence-electron chi connectivity index (χ4n) is 10.3. The highest BCUT2D eigenvalue weighted by molar-refractivity contribution is 7.81. The van der Waals surface area contributed by atoms with Gasteiger partial charge in [-0.3, -0.25) is 23.5 Å². The molecule has 0 aromatic heterocycles. The number of hydrogen-bond donors (Lipinski definition) is 5. The van der Waals surface area contributed by atoms with Crippen molar-refractivity contribution in [1.82, 2.24) is 0 Å². The van der Waals surface area contributed by atoms with E-state index in [-0.39, 0.29) is 53.4 Å². The Kier molecular flexibility index (Phi) is 51.3. The van der Waals surface area contributed by atoms with E-state index in [4.69, 9.17) is 23.7 Å². The lowest BCUT2D eigenvalue weighted by Gasteiger charge is -2.06. The van der Waals surface area contributed by atoms with Gasteiger partial charge < -0.3 is 23.7 Å². The van der Waals surface area contributed by atoms with E-state index >= 15 is 0 Å². The summed E-state index contributed by atoms with van der Waals surface area (Å²) in [7, 11) is 0. The smallest absolute Gasteiger partial charge is 0.343 e. The summed E-state index contributed by atoms with van der Waals surface area (Å²) in [5, 5.41) is 0. The molecule has 0 aliphatic carbocycles. The second-order valence-electron chi connectivity index (χ2n) is 25.2. The van der Waals surface area contributed by atoms with Crippen LogP contribution in [0.3, 0.4) is 0 Å². The second-order valence-corrected chi connectivity index (χ2v) is 27.8. The lowest BCUT2D eigenvalue weighted by atomic mass is 10.1. The summed E-state index contributed by atoms with van der Waals surface area (Å²) in [5.41, 5.74) is 9.18. The van der Waals surface area contributed by atoms with Gasteiger partial charge in [0.2, 0.25) is 0 Å². The van der Waals surface area contributed by atoms with E-state index in [1.165, 1.54) is 124 Å². The number of hydrogen-bond acceptors (Lipinski definition) is 15. The van der Waals surface area contributed by atoms with Crippen LogP contribution in [0.15, 0.2) is 267 Å². The number of carbonyl (C=O) groups excluding carboxylic acids is 5. The quantitative estimate of drug-likeness (QED) is 0.00975. The van der Waals surface area contributed by atoms with Gasteiger partial charge in [-0.15, -0.1) is 63.1 Å². The molecule has 10 aromatic carbocycles. The summed E-state index contributed by atoms with van der Waals surface area (Å²) in [6, 6.07) is 73.6. The Balaban J connectivity index is 0.000000680. The normalized spacial score (nSPS) is 9.91. The van der Waals surface area contributed by atoms with Crippen molar-refractivity contribution >= 4 is 93.0 Å². The number of aryl methyl sites for hydroxylation is 5. The van der Waals surface area contributed by atoms with Crippen LogP contribution in [0, 0.1) is 0 Å². The van der Waals surface area contributed by atoms with Crippen molar-refractivity contribution in [2.45, 2.75) is 188 Å². The predicted octanol–water partition coefficient (Wildman–Crippen LogP) is 25.4. The van der Waals surface area contributed by atoms with E-state index < -0.39 is 0 Å². The van der Waals surface area contributed by atoms with Crippen LogP contribution in [0.4, 0.5) is 23.5 Å². The topological polar surface area (TPSA) is 132 Å². The highest BCUT2D eigenvalue weighted by Gasteiger charge is 2.14. The van der Waals surface area contributed by atoms with Crippen LogP contribution in [0.25, 0.3) is 0 Å². The van der Waals surface area contributed by atoms with Crippen LogP contribution in [0.5, 0.6) is 28.7 Å². The molecule has 0 saturated heterocycles. The SMILES string of the molecule is CCCCCc1ccc(C(=O)Oc2ccc(S)cc2)cc1.CCCCCc1ccc(C(=O)Oc2ccc(S)cc2)cc1.CCCCCc1ccc(C(=O)Oc2ccc(S)cc2)cc1.CCCCCc1ccc(C(=O)Oc2ccc(S)cc2)cc1.CCCCCc1ccc(C(=O)Oc2ccc(S)cc2)cc1.F.F.F.F.F. The molecule has 0 atom stereocenters. The number of esters is 5. The van der Waals surface area contributed by atoms with Gasteiger partial charge >= 0.3 is 29.8 Å². The Labute approximate surface area is 674 Å². The molecule has 0 unspecified atom stereocenters. The average molecular weight is 1600 g/mol. The zero-order valence-electron chi connectivity index (χ0n) is 63.1. The Morgan fingerprint density at radius 1 is 0.200 bits per heavy atom. The number of benzene rings is 10. The van der Waals surface area contributed by atoms with Crippen LogP contribution in [-0.2, 0) is 32.1 Å². The van der Waals surface area contributed by atoms with Gasteiger partial charge in [-0.25, -0.2) is 24.0 Å². The first-order chi connectivity index (χ1) is 50.9. The van der Waals surface area contributed by atoms with E-state index in [1.54, 1.807) is 121 Å². The molecule has 0 N–H and O–H groups in total. The van der Waals surface area contributed by atoms with Crippen molar-refractivity contribution in [3.8, 4) is 28.7 Å². The average Bonchev–Trinajstić information content (AvgIpc) is 0.888. The highest BCUT2D eigenvalue weighted by Crippen LogP contribution is 2.23. The lowest BCUT2D eigenvalue weighted by molar-refractivity contribution is 0.0725. The summed E-state index contributed by atoms with van der Waals surface area (Å²) >= 11 is 21.0. The van der Waals surface area contributed by atoms with E-state index in [2.05, 4.69) is 97.8 Å². The largest absolute Gasteiger partial charge is 0.423 e. The van der Waals surface area contributed by atoms with Gasteiger partial charge in [-0.2, -0.15) is 0 Å². The standard InChI is InChI=1S/5C18H20O2S.5FH/c5*1-2-3-4-5-14-6-8-15(9-7-14)18(19)20-16-10-12-17(21)13-11-16;;;;;/h5*6-13,21H,2-5H2,1H3;5*1H. The number of thiol groups is 5. The summed E-state index contributed by atoms with van der Waals surface area (Å²) in [4.78, 5) is 64.3. The molecule has 0 aliphatic heterocycles. The van der Waals surface area contributed by atoms with E-state index in [0.717, 1.165) is 56.6 Å². The summed E-state index contributed by atoms with van der Waals surface area (Å²) in [6.45, 7) is 11.0. The Morgan fingerprint density at radius 3 is 0.445 bits per heavy atom. The molecule has 0 radical (unpaired) electrons. The minimum absolute atomic E-state index is 0. The van der Waals surface area contributed by atoms with Gasteiger partial charge in [0, 0.05) is 24.5 Å². The minimum Gasteiger partial charge on any atom is -0.423 e. The monoisotopic (exact) mass is 1600 g/mol. The van der Waals surface area contributed by atoms with Crippen molar-refractivity contribution in [2.24, 2.45) is 0 Å². The molecule has 0 bridgehead atoms. The van der Waals surface area contributed by atoms with Crippen molar-refractivity contribution in [3.63, 3.8) is 0 Å². The first kappa shape index (κ1) is 99.0. The minimum atomic E-state index is -0.331. The molecule has 20 heteroatoms. The lowest BCUT2D eigenvalue weighted by Crippen LogP contribution is -2.08. The molecule has 110 heavy (non-hydrogen) atoms. The van der Waals surface area contributed by atoms with Crippen LogP contribution in [0.2, 0.25) is 0 Å². The van der Waals surface area contributed by atoms with Gasteiger partial charge in [0.05, 0.1) is 27.8 Å². The molecule has 10 aromatic rings. The maximum atomic E-state index is 12.0. The molecule has 0 heterocycles. The summed E-state index contributed by atoms with van der Waals surface area (Å²) in [6.07, 6.45) is 23.6. The molecule has 0 fully saturated rings. The Hall–Kier alpha value is -9.05. The Morgan fingerprint density at radius 2 is 0.327 bits per heavy atom. The fraction of sp³-hybridized carbons (Fsp3) is 0.278. The number of rotatable bonds is 30. The molecular weight excluding hydrogens is 1500 g/mol. The molecule has 0 saturated carbocycles. The van der Waals surface area contributed by atoms with Crippen molar-refractivity contribution < 1.29 is 71.2 Å². The van der Waals surface area contributed by atoms with Crippen molar-refractivity contribution in [1.29, 1.82) is 0 Å². The molecule has 0 aliphatic rings. The number of ether oxygens (including phenoxy) is 5. The first-order valence-corrected chi connectivity index (χ1v) is 38.7. The zero-order valence-corrected chi connectivity index (χ0v) is 67.6. The third-order valence-corrected chi connectivity index (χ3v) is 18.0. The van der Waals surface area contributed by atoms with Gasteiger partial charge in [0.15, 0.2) is 0 Å². The fourth-order valence-corrected chi connectivity index (χ4v) is 11.1. The number of carbonyl (C=O) groups is 5. The Bertz CT molecular complexity index is 3530. The molecule has 0 amide bonds. The molecular formula is C90H105F5O10S5. The van der Waals surface area contributed by atoms with Gasteiger partial charge in [-0.05, 0) is 274 Å². The number of unbranched alkanes of at least 4 members (excludes halogenated alkanes) is 10. The van der Waals surface area contributed by atoms with Crippen LogP contribution >= 0.6 is 63.1 Å². The zero-order chi connectivity index (χ0) is 75.4.